The van der Waals surface area contributed by atoms with Crippen molar-refractivity contribution < 1.29 is 4.42 Å². The Morgan fingerprint density at radius 3 is 2.31 bits per heavy atom. The third-order valence-electron chi connectivity index (χ3n) is 2.31. The fourth-order valence-electron chi connectivity index (χ4n) is 1.88. The van der Waals surface area contributed by atoms with Crippen molar-refractivity contribution in [1.29, 1.82) is 0 Å². The maximum atomic E-state index is 5.41. The number of hydrogen-bond donors (Lipinski definition) is 1. The zero-order valence-corrected chi connectivity index (χ0v) is 10.9. The zero-order chi connectivity index (χ0) is 12.1. The van der Waals surface area contributed by atoms with Gasteiger partial charge in [0, 0.05) is 25.4 Å². The molecule has 0 aliphatic heterocycles. The molecule has 4 heteroatoms. The highest BCUT2D eigenvalue weighted by Gasteiger charge is 2.15. The third kappa shape index (κ3) is 4.75. The van der Waals surface area contributed by atoms with Crippen LogP contribution in [0.5, 0.6) is 0 Å². The molecule has 1 heterocycles. The van der Waals surface area contributed by atoms with Crippen LogP contribution in [0.4, 0.5) is 0 Å². The van der Waals surface area contributed by atoms with E-state index in [2.05, 4.69) is 43.2 Å². The van der Waals surface area contributed by atoms with Gasteiger partial charge < -0.3 is 9.73 Å². The Bertz CT molecular complexity index is 297. The van der Waals surface area contributed by atoms with Gasteiger partial charge in [0.1, 0.15) is 0 Å². The summed E-state index contributed by atoms with van der Waals surface area (Å²) < 4.78 is 5.41. The van der Waals surface area contributed by atoms with Crippen LogP contribution in [0.3, 0.4) is 0 Å². The molecule has 0 fully saturated rings. The molecule has 0 unspecified atom stereocenters. The Labute approximate surface area is 97.8 Å². The highest BCUT2D eigenvalue weighted by molar-refractivity contribution is 4.86. The first-order chi connectivity index (χ1) is 7.47. The second kappa shape index (κ2) is 5.99. The standard InChI is InChI=1S/C12H23N3O/c1-8(2)6-11(13-9(3)4)7-12-15-14-10(5)16-12/h8-9,11,13H,6-7H2,1-5H3/t11-/m0/s1. The van der Waals surface area contributed by atoms with E-state index in [0.29, 0.717) is 23.9 Å². The molecule has 0 amide bonds. The van der Waals surface area contributed by atoms with Crippen LogP contribution in [-0.4, -0.2) is 22.3 Å². The molecular weight excluding hydrogens is 202 g/mol. The van der Waals surface area contributed by atoms with E-state index in [0.717, 1.165) is 18.7 Å². The summed E-state index contributed by atoms with van der Waals surface area (Å²) in [5, 5.41) is 11.4. The fourth-order valence-corrected chi connectivity index (χ4v) is 1.88. The second-order valence-electron chi connectivity index (χ2n) is 5.07. The van der Waals surface area contributed by atoms with E-state index in [1.807, 2.05) is 6.92 Å². The lowest BCUT2D eigenvalue weighted by atomic mass is 10.0. The molecule has 0 radical (unpaired) electrons. The molecule has 0 spiro atoms. The molecule has 16 heavy (non-hydrogen) atoms. The summed E-state index contributed by atoms with van der Waals surface area (Å²) in [6, 6.07) is 0.896. The predicted molar refractivity (Wildman–Crippen MR) is 64.3 cm³/mol. The van der Waals surface area contributed by atoms with Gasteiger partial charge in [-0.1, -0.05) is 27.7 Å². The molecule has 1 aromatic heterocycles. The monoisotopic (exact) mass is 225 g/mol. The molecule has 0 aliphatic carbocycles. The van der Waals surface area contributed by atoms with Crippen LogP contribution in [-0.2, 0) is 6.42 Å². The molecule has 0 saturated heterocycles. The number of nitrogens with zero attached hydrogens (tertiary/aromatic N) is 2. The zero-order valence-electron chi connectivity index (χ0n) is 10.9. The fraction of sp³-hybridized carbons (Fsp3) is 0.833. The van der Waals surface area contributed by atoms with Crippen molar-refractivity contribution in [3.63, 3.8) is 0 Å². The van der Waals surface area contributed by atoms with Crippen molar-refractivity contribution in [1.82, 2.24) is 15.5 Å². The number of hydrogen-bond acceptors (Lipinski definition) is 4. The number of nitrogens with one attached hydrogen (secondary N) is 1. The molecule has 92 valence electrons. The van der Waals surface area contributed by atoms with Crippen LogP contribution in [0.25, 0.3) is 0 Å². The summed E-state index contributed by atoms with van der Waals surface area (Å²) in [5.41, 5.74) is 0. The van der Waals surface area contributed by atoms with Gasteiger partial charge in [0.05, 0.1) is 0 Å². The van der Waals surface area contributed by atoms with Crippen LogP contribution < -0.4 is 5.32 Å². The summed E-state index contributed by atoms with van der Waals surface area (Å²) >= 11 is 0. The summed E-state index contributed by atoms with van der Waals surface area (Å²) in [5.74, 6) is 2.04. The Hall–Kier alpha value is -0.900. The number of rotatable bonds is 6. The maximum Gasteiger partial charge on any atom is 0.218 e. The minimum atomic E-state index is 0.417. The van der Waals surface area contributed by atoms with E-state index in [1.54, 1.807) is 0 Å². The van der Waals surface area contributed by atoms with E-state index >= 15 is 0 Å². The van der Waals surface area contributed by atoms with Gasteiger partial charge in [-0.25, -0.2) is 0 Å². The van der Waals surface area contributed by atoms with Crippen molar-refractivity contribution in [2.45, 2.75) is 59.5 Å². The molecule has 0 aromatic carbocycles. The average Bonchev–Trinajstić information content (AvgIpc) is 2.48. The van der Waals surface area contributed by atoms with Crippen molar-refractivity contribution in [2.24, 2.45) is 5.92 Å². The van der Waals surface area contributed by atoms with Gasteiger partial charge in [-0.2, -0.15) is 0 Å². The van der Waals surface area contributed by atoms with Crippen LogP contribution in [0.15, 0.2) is 4.42 Å². The lowest BCUT2D eigenvalue weighted by Crippen LogP contribution is -2.37. The summed E-state index contributed by atoms with van der Waals surface area (Å²) in [6.07, 6.45) is 1.94. The van der Waals surface area contributed by atoms with Crippen LogP contribution in [0.2, 0.25) is 0 Å². The van der Waals surface area contributed by atoms with E-state index < -0.39 is 0 Å². The molecule has 1 aromatic rings. The molecular formula is C12H23N3O. The normalized spacial score (nSPS) is 13.7. The first kappa shape index (κ1) is 13.2. The molecule has 0 aliphatic rings. The maximum absolute atomic E-state index is 5.41. The van der Waals surface area contributed by atoms with E-state index in [4.69, 9.17) is 4.42 Å². The van der Waals surface area contributed by atoms with Crippen LogP contribution >= 0.6 is 0 Å². The second-order valence-corrected chi connectivity index (χ2v) is 5.07. The van der Waals surface area contributed by atoms with Crippen molar-refractivity contribution in [2.75, 3.05) is 0 Å². The Morgan fingerprint density at radius 2 is 1.88 bits per heavy atom. The van der Waals surface area contributed by atoms with Gasteiger partial charge in [0.15, 0.2) is 0 Å². The minimum absolute atomic E-state index is 0.417. The molecule has 0 bridgehead atoms. The first-order valence-electron chi connectivity index (χ1n) is 6.02. The molecule has 1 N–H and O–H groups in total. The number of aromatic nitrogens is 2. The average molecular weight is 225 g/mol. The SMILES string of the molecule is Cc1nnc(C[C@H](CC(C)C)NC(C)C)o1. The van der Waals surface area contributed by atoms with Gasteiger partial charge in [-0.15, -0.1) is 10.2 Å². The summed E-state index contributed by atoms with van der Waals surface area (Å²) in [4.78, 5) is 0. The molecule has 4 nitrogen and oxygen atoms in total. The van der Waals surface area contributed by atoms with Gasteiger partial charge in [-0.05, 0) is 12.3 Å². The van der Waals surface area contributed by atoms with Gasteiger partial charge >= 0.3 is 0 Å². The minimum Gasteiger partial charge on any atom is -0.426 e. The smallest absolute Gasteiger partial charge is 0.218 e. The van der Waals surface area contributed by atoms with E-state index in [9.17, 15) is 0 Å². The van der Waals surface area contributed by atoms with Crippen molar-refractivity contribution in [3.8, 4) is 0 Å². The number of aryl methyl sites for hydroxylation is 1. The Morgan fingerprint density at radius 1 is 1.19 bits per heavy atom. The van der Waals surface area contributed by atoms with Crippen molar-refractivity contribution in [3.05, 3.63) is 11.8 Å². The topological polar surface area (TPSA) is 51.0 Å². The van der Waals surface area contributed by atoms with E-state index in [1.165, 1.54) is 0 Å². The first-order valence-corrected chi connectivity index (χ1v) is 6.02. The highest BCUT2D eigenvalue weighted by atomic mass is 16.4. The van der Waals surface area contributed by atoms with Crippen LogP contribution in [0, 0.1) is 12.8 Å². The third-order valence-corrected chi connectivity index (χ3v) is 2.31. The summed E-state index contributed by atoms with van der Waals surface area (Å²) in [7, 11) is 0. The highest BCUT2D eigenvalue weighted by Crippen LogP contribution is 2.11. The van der Waals surface area contributed by atoms with Crippen LogP contribution in [0.1, 0.15) is 45.9 Å². The lowest BCUT2D eigenvalue weighted by Gasteiger charge is -2.21. The Kier molecular flexibility index (Phi) is 4.93. The van der Waals surface area contributed by atoms with Crippen molar-refractivity contribution >= 4 is 0 Å². The summed E-state index contributed by atoms with van der Waals surface area (Å²) in [6.45, 7) is 10.6. The van der Waals surface area contributed by atoms with E-state index in [-0.39, 0.29) is 0 Å². The quantitative estimate of drug-likeness (QED) is 0.807. The lowest BCUT2D eigenvalue weighted by molar-refractivity contribution is 0.356. The van der Waals surface area contributed by atoms with Gasteiger partial charge in [0.25, 0.3) is 0 Å². The largest absolute Gasteiger partial charge is 0.426 e. The Balaban J connectivity index is 2.55. The van der Waals surface area contributed by atoms with Gasteiger partial charge in [-0.3, -0.25) is 0 Å². The molecule has 1 rings (SSSR count). The molecule has 1 atom stereocenters. The molecule has 0 saturated carbocycles. The predicted octanol–water partition coefficient (Wildman–Crippen LogP) is 2.33. The van der Waals surface area contributed by atoms with Gasteiger partial charge in [0.2, 0.25) is 11.8 Å².